The Morgan fingerprint density at radius 3 is 2.40 bits per heavy atom. The molecule has 1 aliphatic rings. The number of benzene rings is 2. The Kier molecular flexibility index (Phi) is 5.93. The summed E-state index contributed by atoms with van der Waals surface area (Å²) >= 11 is 0. The molecule has 1 aliphatic heterocycles. The maximum absolute atomic E-state index is 12.7. The zero-order valence-electron chi connectivity index (χ0n) is 17.2. The number of ether oxygens (including phenoxy) is 2. The van der Waals surface area contributed by atoms with Gasteiger partial charge < -0.3 is 14.4 Å². The smallest absolute Gasteiger partial charge is 0.253 e. The first-order chi connectivity index (χ1) is 14.6. The van der Waals surface area contributed by atoms with Crippen LogP contribution in [0.15, 0.2) is 60.9 Å². The Labute approximate surface area is 176 Å². The predicted molar refractivity (Wildman–Crippen MR) is 115 cm³/mol. The van der Waals surface area contributed by atoms with Crippen LogP contribution in [0.4, 0.5) is 0 Å². The molecule has 1 saturated heterocycles. The summed E-state index contributed by atoms with van der Waals surface area (Å²) < 4.78 is 11.2. The monoisotopic (exact) mass is 403 g/mol. The lowest BCUT2D eigenvalue weighted by molar-refractivity contribution is 0.0697. The maximum Gasteiger partial charge on any atom is 0.253 e. The van der Waals surface area contributed by atoms with Crippen LogP contribution in [0.2, 0.25) is 0 Å². The van der Waals surface area contributed by atoms with Crippen LogP contribution in [0.25, 0.3) is 11.3 Å². The molecule has 0 bridgehead atoms. The van der Waals surface area contributed by atoms with Gasteiger partial charge in [0.15, 0.2) is 11.5 Å². The highest BCUT2D eigenvalue weighted by Gasteiger charge is 2.21. The van der Waals surface area contributed by atoms with E-state index in [-0.39, 0.29) is 5.91 Å². The molecule has 2 heterocycles. The fourth-order valence-corrected chi connectivity index (χ4v) is 3.55. The topological polar surface area (TPSA) is 64.6 Å². The molecule has 0 spiro atoms. The minimum Gasteiger partial charge on any atom is -0.493 e. The van der Waals surface area contributed by atoms with Crippen molar-refractivity contribution in [2.45, 2.75) is 19.8 Å². The number of nitrogens with zero attached hydrogens (tertiary/aromatic N) is 3. The Morgan fingerprint density at radius 2 is 1.70 bits per heavy atom. The summed E-state index contributed by atoms with van der Waals surface area (Å²) in [6.45, 7) is 3.90. The highest BCUT2D eigenvalue weighted by molar-refractivity contribution is 5.94. The first-order valence-electron chi connectivity index (χ1n) is 10.2. The fourth-order valence-electron chi connectivity index (χ4n) is 3.55. The first kappa shape index (κ1) is 19.9. The molecule has 4 rings (SSSR count). The van der Waals surface area contributed by atoms with Crippen LogP contribution >= 0.6 is 0 Å². The van der Waals surface area contributed by atoms with Crippen molar-refractivity contribution in [2.24, 2.45) is 5.92 Å². The number of para-hydroxylation sites is 2. The van der Waals surface area contributed by atoms with Gasteiger partial charge in [-0.1, -0.05) is 31.2 Å². The summed E-state index contributed by atoms with van der Waals surface area (Å²) in [6.07, 6.45) is 3.60. The lowest BCUT2D eigenvalue weighted by Crippen LogP contribution is -2.37. The molecule has 0 unspecified atom stereocenters. The average Bonchev–Trinajstić information content (AvgIpc) is 2.80. The molecule has 0 aliphatic carbocycles. The number of methoxy groups -OCH3 is 1. The Balaban J connectivity index is 1.49. The van der Waals surface area contributed by atoms with Gasteiger partial charge in [-0.05, 0) is 43.0 Å². The number of amides is 1. The van der Waals surface area contributed by atoms with Gasteiger partial charge in [0.05, 0.1) is 12.8 Å². The fraction of sp³-hybridized carbons (Fsp3) is 0.292. The van der Waals surface area contributed by atoms with Crippen molar-refractivity contribution in [3.8, 4) is 28.6 Å². The van der Waals surface area contributed by atoms with Gasteiger partial charge in [-0.3, -0.25) is 4.79 Å². The van der Waals surface area contributed by atoms with Gasteiger partial charge in [-0.25, -0.2) is 9.97 Å². The molecule has 0 atom stereocenters. The van der Waals surface area contributed by atoms with Crippen LogP contribution in [-0.2, 0) is 0 Å². The van der Waals surface area contributed by atoms with E-state index >= 15 is 0 Å². The van der Waals surface area contributed by atoms with Gasteiger partial charge in [-0.15, -0.1) is 0 Å². The molecule has 154 valence electrons. The quantitative estimate of drug-likeness (QED) is 0.611. The Morgan fingerprint density at radius 1 is 1.00 bits per heavy atom. The lowest BCUT2D eigenvalue weighted by atomic mass is 9.98. The second-order valence-electron chi connectivity index (χ2n) is 7.55. The second kappa shape index (κ2) is 8.95. The summed E-state index contributed by atoms with van der Waals surface area (Å²) in [5.74, 6) is 2.43. The van der Waals surface area contributed by atoms with E-state index in [2.05, 4.69) is 16.9 Å². The normalized spacial score (nSPS) is 14.4. The molecule has 2 aromatic carbocycles. The summed E-state index contributed by atoms with van der Waals surface area (Å²) in [4.78, 5) is 23.2. The predicted octanol–water partition coefficient (Wildman–Crippen LogP) is 4.82. The molecule has 3 aromatic rings. The second-order valence-corrected chi connectivity index (χ2v) is 7.55. The molecule has 6 heteroatoms. The van der Waals surface area contributed by atoms with Crippen molar-refractivity contribution in [2.75, 3.05) is 20.2 Å². The molecule has 1 amide bonds. The summed E-state index contributed by atoms with van der Waals surface area (Å²) in [7, 11) is 1.60. The SMILES string of the molecule is COc1ccccc1Oc1cc(-c2ccc(C(=O)N3CCC(C)CC3)cc2)ncn1. The van der Waals surface area contributed by atoms with Gasteiger partial charge >= 0.3 is 0 Å². The molecule has 30 heavy (non-hydrogen) atoms. The van der Waals surface area contributed by atoms with E-state index in [1.165, 1.54) is 6.33 Å². The largest absolute Gasteiger partial charge is 0.493 e. The van der Waals surface area contributed by atoms with Crippen molar-refractivity contribution >= 4 is 5.91 Å². The van der Waals surface area contributed by atoms with Crippen molar-refractivity contribution in [3.05, 3.63) is 66.5 Å². The summed E-state index contributed by atoms with van der Waals surface area (Å²) in [5, 5.41) is 0. The van der Waals surface area contributed by atoms with E-state index in [9.17, 15) is 4.79 Å². The Bertz CT molecular complexity index is 1010. The molecule has 1 fully saturated rings. The highest BCUT2D eigenvalue weighted by atomic mass is 16.5. The van der Waals surface area contributed by atoms with Crippen LogP contribution in [0.1, 0.15) is 30.1 Å². The molecule has 0 saturated carbocycles. The minimum atomic E-state index is 0.0938. The van der Waals surface area contributed by atoms with E-state index < -0.39 is 0 Å². The van der Waals surface area contributed by atoms with Gasteiger partial charge in [0.25, 0.3) is 5.91 Å². The van der Waals surface area contributed by atoms with Gasteiger partial charge in [0.1, 0.15) is 6.33 Å². The van der Waals surface area contributed by atoms with E-state index in [1.807, 2.05) is 53.4 Å². The highest BCUT2D eigenvalue weighted by Crippen LogP contribution is 2.31. The first-order valence-corrected chi connectivity index (χ1v) is 10.2. The zero-order valence-corrected chi connectivity index (χ0v) is 17.2. The van der Waals surface area contributed by atoms with Gasteiger partial charge in [-0.2, -0.15) is 0 Å². The summed E-state index contributed by atoms with van der Waals surface area (Å²) in [5.41, 5.74) is 2.32. The van der Waals surface area contributed by atoms with Crippen LogP contribution in [-0.4, -0.2) is 41.0 Å². The van der Waals surface area contributed by atoms with Crippen molar-refractivity contribution < 1.29 is 14.3 Å². The number of hydrogen-bond donors (Lipinski definition) is 0. The van der Waals surface area contributed by atoms with E-state index in [0.717, 1.165) is 37.2 Å². The number of rotatable bonds is 5. The third-order valence-corrected chi connectivity index (χ3v) is 5.42. The molecule has 0 radical (unpaired) electrons. The third-order valence-electron chi connectivity index (χ3n) is 5.42. The van der Waals surface area contributed by atoms with Crippen LogP contribution < -0.4 is 9.47 Å². The number of carbonyl (C=O) groups is 1. The number of hydrogen-bond acceptors (Lipinski definition) is 5. The summed E-state index contributed by atoms with van der Waals surface area (Å²) in [6, 6.07) is 16.7. The molecule has 0 N–H and O–H groups in total. The number of aromatic nitrogens is 2. The number of piperidine rings is 1. The van der Waals surface area contributed by atoms with Gasteiger partial charge in [0.2, 0.25) is 5.88 Å². The van der Waals surface area contributed by atoms with Gasteiger partial charge in [0, 0.05) is 30.3 Å². The van der Waals surface area contributed by atoms with E-state index in [1.54, 1.807) is 13.2 Å². The Hall–Kier alpha value is -3.41. The molecular weight excluding hydrogens is 378 g/mol. The average molecular weight is 403 g/mol. The van der Waals surface area contributed by atoms with Crippen LogP contribution in [0.3, 0.4) is 0 Å². The van der Waals surface area contributed by atoms with E-state index in [4.69, 9.17) is 9.47 Å². The lowest BCUT2D eigenvalue weighted by Gasteiger charge is -2.30. The standard InChI is InChI=1S/C24H25N3O3/c1-17-11-13-27(14-12-17)24(28)19-9-7-18(8-10-19)20-15-23(26-16-25-20)30-22-6-4-3-5-21(22)29-2/h3-10,15-17H,11-14H2,1-2H3. The van der Waals surface area contributed by atoms with E-state index in [0.29, 0.717) is 28.9 Å². The zero-order chi connectivity index (χ0) is 20.9. The third kappa shape index (κ3) is 4.43. The molecule has 6 nitrogen and oxygen atoms in total. The number of likely N-dealkylation sites (tertiary alicyclic amines) is 1. The minimum absolute atomic E-state index is 0.0938. The van der Waals surface area contributed by atoms with Crippen molar-refractivity contribution in [3.63, 3.8) is 0 Å². The van der Waals surface area contributed by atoms with Crippen LogP contribution in [0.5, 0.6) is 17.4 Å². The van der Waals surface area contributed by atoms with Crippen molar-refractivity contribution in [1.29, 1.82) is 0 Å². The van der Waals surface area contributed by atoms with Crippen molar-refractivity contribution in [1.82, 2.24) is 14.9 Å². The molecular formula is C24H25N3O3. The molecule has 1 aromatic heterocycles. The number of carbonyl (C=O) groups excluding carboxylic acids is 1. The van der Waals surface area contributed by atoms with Crippen LogP contribution in [0, 0.1) is 5.92 Å². The maximum atomic E-state index is 12.7.